The van der Waals surface area contributed by atoms with Crippen LogP contribution in [0.25, 0.3) is 0 Å². The third-order valence-corrected chi connectivity index (χ3v) is 1.17. The monoisotopic (exact) mass is 182 g/mol. The molecule has 0 fully saturated rings. The van der Waals surface area contributed by atoms with Crippen molar-refractivity contribution in [1.29, 1.82) is 0 Å². The van der Waals surface area contributed by atoms with Gasteiger partial charge in [-0.05, 0) is 5.92 Å². The first kappa shape index (κ1) is 11.3. The first-order valence-corrected chi connectivity index (χ1v) is 3.65. The first-order chi connectivity index (χ1) is 5.38. The molecule has 0 amide bonds. The van der Waals surface area contributed by atoms with Gasteiger partial charge in [0.25, 0.3) is 0 Å². The van der Waals surface area contributed by atoms with Crippen LogP contribution >= 0.6 is 0 Å². The summed E-state index contributed by atoms with van der Waals surface area (Å²) in [6.07, 6.45) is -4.36. The molecule has 0 saturated carbocycles. The predicted octanol–water partition coefficient (Wildman–Crippen LogP) is 1.82. The standard InChI is InChI=1S/C7H13F3N2/c1-5(2)4-12-6(11-3)7(8,9)10/h5H,4H2,1-3H3,(H,11,12). The predicted molar refractivity (Wildman–Crippen MR) is 42.3 cm³/mol. The van der Waals surface area contributed by atoms with Crippen molar-refractivity contribution in [1.82, 2.24) is 5.32 Å². The van der Waals surface area contributed by atoms with Crippen molar-refractivity contribution in [2.24, 2.45) is 10.9 Å². The van der Waals surface area contributed by atoms with Gasteiger partial charge in [-0.2, -0.15) is 13.2 Å². The Hall–Kier alpha value is -0.740. The van der Waals surface area contributed by atoms with Crippen LogP contribution in [0, 0.1) is 5.92 Å². The van der Waals surface area contributed by atoms with Crippen molar-refractivity contribution in [2.45, 2.75) is 20.0 Å². The summed E-state index contributed by atoms with van der Waals surface area (Å²) in [6.45, 7) is 3.94. The molecule has 0 saturated heterocycles. The van der Waals surface area contributed by atoms with E-state index in [2.05, 4.69) is 10.3 Å². The molecule has 0 atom stereocenters. The molecule has 12 heavy (non-hydrogen) atoms. The Bertz CT molecular complexity index is 161. The minimum absolute atomic E-state index is 0.170. The molecule has 0 spiro atoms. The lowest BCUT2D eigenvalue weighted by atomic mass is 10.2. The van der Waals surface area contributed by atoms with E-state index in [4.69, 9.17) is 0 Å². The summed E-state index contributed by atoms with van der Waals surface area (Å²) in [4.78, 5) is 3.11. The van der Waals surface area contributed by atoms with Gasteiger partial charge in [0.15, 0.2) is 0 Å². The molecule has 0 heterocycles. The van der Waals surface area contributed by atoms with E-state index in [1.54, 1.807) is 0 Å². The quantitative estimate of drug-likeness (QED) is 0.511. The Morgan fingerprint density at radius 3 is 2.17 bits per heavy atom. The molecule has 5 heteroatoms. The Morgan fingerprint density at radius 1 is 1.42 bits per heavy atom. The smallest absolute Gasteiger partial charge is 0.366 e. The summed E-state index contributed by atoms with van der Waals surface area (Å²) >= 11 is 0. The topological polar surface area (TPSA) is 24.4 Å². The number of hydrogen-bond acceptors (Lipinski definition) is 1. The molecular formula is C7H13F3N2. The van der Waals surface area contributed by atoms with E-state index >= 15 is 0 Å². The number of alkyl halides is 3. The fourth-order valence-corrected chi connectivity index (χ4v) is 0.607. The van der Waals surface area contributed by atoms with E-state index in [0.717, 1.165) is 7.05 Å². The largest absolute Gasteiger partial charge is 0.448 e. The van der Waals surface area contributed by atoms with Crippen LogP contribution in [-0.2, 0) is 0 Å². The van der Waals surface area contributed by atoms with Gasteiger partial charge in [0.1, 0.15) is 0 Å². The molecule has 0 radical (unpaired) electrons. The molecule has 0 aromatic rings. The van der Waals surface area contributed by atoms with Gasteiger partial charge in [0.05, 0.1) is 0 Å². The van der Waals surface area contributed by atoms with Crippen molar-refractivity contribution in [3.63, 3.8) is 0 Å². The number of aliphatic imine (C=N–C) groups is 1. The number of halogens is 3. The molecule has 72 valence electrons. The Labute approximate surface area is 69.9 Å². The summed E-state index contributed by atoms with van der Waals surface area (Å²) in [7, 11) is 1.12. The van der Waals surface area contributed by atoms with Gasteiger partial charge < -0.3 is 5.32 Å². The zero-order valence-electron chi connectivity index (χ0n) is 7.37. The van der Waals surface area contributed by atoms with E-state index in [9.17, 15) is 13.2 Å². The second kappa shape index (κ2) is 4.33. The number of rotatable bonds is 2. The summed E-state index contributed by atoms with van der Waals surface area (Å²) in [5, 5.41) is 2.23. The lowest BCUT2D eigenvalue weighted by molar-refractivity contribution is -0.0619. The van der Waals surface area contributed by atoms with Gasteiger partial charge in [-0.15, -0.1) is 0 Å². The zero-order valence-corrected chi connectivity index (χ0v) is 7.37. The fourth-order valence-electron chi connectivity index (χ4n) is 0.607. The maximum absolute atomic E-state index is 12.0. The lowest BCUT2D eigenvalue weighted by Crippen LogP contribution is -2.38. The van der Waals surface area contributed by atoms with Crippen molar-refractivity contribution < 1.29 is 13.2 Å². The maximum Gasteiger partial charge on any atom is 0.448 e. The minimum atomic E-state index is -4.36. The van der Waals surface area contributed by atoms with E-state index in [1.807, 2.05) is 13.8 Å². The normalized spacial score (nSPS) is 13.8. The highest BCUT2D eigenvalue weighted by Crippen LogP contribution is 2.15. The average Bonchev–Trinajstić information content (AvgIpc) is 1.85. The Balaban J connectivity index is 4.04. The molecular weight excluding hydrogens is 169 g/mol. The Kier molecular flexibility index (Phi) is 4.06. The van der Waals surface area contributed by atoms with Crippen LogP contribution in [0.5, 0.6) is 0 Å². The molecule has 1 N–H and O–H groups in total. The van der Waals surface area contributed by atoms with Crippen molar-refractivity contribution in [2.75, 3.05) is 13.6 Å². The van der Waals surface area contributed by atoms with Crippen molar-refractivity contribution in [3.8, 4) is 0 Å². The molecule has 0 aliphatic rings. The first-order valence-electron chi connectivity index (χ1n) is 3.65. The zero-order chi connectivity index (χ0) is 9.78. The van der Waals surface area contributed by atoms with Crippen LogP contribution in [0.2, 0.25) is 0 Å². The van der Waals surface area contributed by atoms with Crippen molar-refractivity contribution >= 4 is 5.84 Å². The number of nitrogens with one attached hydrogen (secondary N) is 1. The fraction of sp³-hybridized carbons (Fsp3) is 0.857. The number of amidine groups is 1. The molecule has 0 unspecified atom stereocenters. The minimum Gasteiger partial charge on any atom is -0.366 e. The van der Waals surface area contributed by atoms with Crippen LogP contribution in [0.1, 0.15) is 13.8 Å². The van der Waals surface area contributed by atoms with Crippen molar-refractivity contribution in [3.05, 3.63) is 0 Å². The second-order valence-corrected chi connectivity index (χ2v) is 2.84. The molecule has 0 rings (SSSR count). The molecule has 0 bridgehead atoms. The molecule has 0 aliphatic carbocycles. The van der Waals surface area contributed by atoms with Crippen LogP contribution in [0.3, 0.4) is 0 Å². The highest BCUT2D eigenvalue weighted by atomic mass is 19.4. The molecule has 2 nitrogen and oxygen atoms in total. The lowest BCUT2D eigenvalue weighted by Gasteiger charge is -2.13. The summed E-state index contributed by atoms with van der Waals surface area (Å²) in [5.41, 5.74) is 0. The van der Waals surface area contributed by atoms with E-state index in [0.29, 0.717) is 0 Å². The van der Waals surface area contributed by atoms with Gasteiger partial charge in [-0.1, -0.05) is 13.8 Å². The average molecular weight is 182 g/mol. The summed E-state index contributed by atoms with van der Waals surface area (Å²) in [6, 6.07) is 0. The maximum atomic E-state index is 12.0. The van der Waals surface area contributed by atoms with Crippen LogP contribution < -0.4 is 5.32 Å². The molecule has 0 aromatic carbocycles. The second-order valence-electron chi connectivity index (χ2n) is 2.84. The summed E-state index contributed by atoms with van der Waals surface area (Å²) < 4.78 is 35.9. The number of hydrogen-bond donors (Lipinski definition) is 1. The Morgan fingerprint density at radius 2 is 1.92 bits per heavy atom. The van der Waals surface area contributed by atoms with E-state index in [1.165, 1.54) is 0 Å². The number of nitrogens with zero attached hydrogens (tertiary/aromatic N) is 1. The van der Waals surface area contributed by atoms with Crippen LogP contribution in [0.4, 0.5) is 13.2 Å². The SMILES string of the molecule is CN=C(NCC(C)C)C(F)(F)F. The van der Waals surface area contributed by atoms with Gasteiger partial charge in [-0.25, -0.2) is 0 Å². The van der Waals surface area contributed by atoms with Gasteiger partial charge in [0, 0.05) is 13.6 Å². The summed E-state index contributed by atoms with van der Waals surface area (Å²) in [5.74, 6) is -0.736. The third kappa shape index (κ3) is 4.20. The van der Waals surface area contributed by atoms with Gasteiger partial charge in [0.2, 0.25) is 5.84 Å². The van der Waals surface area contributed by atoms with Crippen LogP contribution in [0.15, 0.2) is 4.99 Å². The van der Waals surface area contributed by atoms with E-state index in [-0.39, 0.29) is 12.5 Å². The van der Waals surface area contributed by atoms with Gasteiger partial charge in [-0.3, -0.25) is 4.99 Å². The third-order valence-electron chi connectivity index (χ3n) is 1.17. The van der Waals surface area contributed by atoms with Gasteiger partial charge >= 0.3 is 6.18 Å². The van der Waals surface area contributed by atoms with E-state index < -0.39 is 12.0 Å². The van der Waals surface area contributed by atoms with Crippen LogP contribution in [-0.4, -0.2) is 25.6 Å². The highest BCUT2D eigenvalue weighted by molar-refractivity contribution is 5.87. The highest BCUT2D eigenvalue weighted by Gasteiger charge is 2.35. The molecule has 0 aromatic heterocycles. The molecule has 0 aliphatic heterocycles.